The highest BCUT2D eigenvalue weighted by molar-refractivity contribution is 7.09. The van der Waals surface area contributed by atoms with Crippen molar-refractivity contribution in [3.8, 4) is 0 Å². The van der Waals surface area contributed by atoms with Gasteiger partial charge in [0.05, 0.1) is 0 Å². The molecule has 0 N–H and O–H groups in total. The zero-order valence-electron chi connectivity index (χ0n) is 9.46. The fourth-order valence-corrected chi connectivity index (χ4v) is 2.67. The van der Waals surface area contributed by atoms with Crippen molar-refractivity contribution in [1.29, 1.82) is 0 Å². The van der Waals surface area contributed by atoms with Crippen LogP contribution in [0, 0.1) is 5.92 Å². The van der Waals surface area contributed by atoms with Crippen LogP contribution in [-0.2, 0) is 6.42 Å². The maximum absolute atomic E-state index is 2.32. The molecule has 1 aromatic heterocycles. The van der Waals surface area contributed by atoms with Gasteiger partial charge in [-0.15, -0.1) is 11.3 Å². The Labute approximate surface area is 92.4 Å². The Morgan fingerprint density at radius 3 is 2.71 bits per heavy atom. The van der Waals surface area contributed by atoms with Crippen LogP contribution in [0.5, 0.6) is 0 Å². The molecular weight excluding hydrogens is 188 g/mol. The second-order valence-corrected chi connectivity index (χ2v) is 5.09. The van der Waals surface area contributed by atoms with E-state index in [9.17, 15) is 0 Å². The highest BCUT2D eigenvalue weighted by Gasteiger charge is 2.07. The molecule has 0 aromatic carbocycles. The quantitative estimate of drug-likeness (QED) is 0.562. The first-order valence-corrected chi connectivity index (χ1v) is 6.77. The van der Waals surface area contributed by atoms with Crippen LogP contribution in [0.1, 0.15) is 50.8 Å². The summed E-state index contributed by atoms with van der Waals surface area (Å²) in [5.74, 6) is 0.917. The van der Waals surface area contributed by atoms with E-state index in [4.69, 9.17) is 0 Å². The van der Waals surface area contributed by atoms with Crippen molar-refractivity contribution in [1.82, 2.24) is 0 Å². The summed E-state index contributed by atoms with van der Waals surface area (Å²) in [5, 5.41) is 2.19. The molecule has 0 aliphatic rings. The smallest absolute Gasteiger partial charge is 0.00479 e. The van der Waals surface area contributed by atoms with Crippen LogP contribution in [0.3, 0.4) is 0 Å². The summed E-state index contributed by atoms with van der Waals surface area (Å²) in [5.41, 5.74) is 0. The summed E-state index contributed by atoms with van der Waals surface area (Å²) in [7, 11) is 0. The summed E-state index contributed by atoms with van der Waals surface area (Å²) in [4.78, 5) is 1.56. The molecule has 0 nitrogen and oxygen atoms in total. The monoisotopic (exact) mass is 210 g/mol. The fraction of sp³-hybridized carbons (Fsp3) is 0.692. The highest BCUT2D eigenvalue weighted by atomic mass is 32.1. The Morgan fingerprint density at radius 1 is 1.29 bits per heavy atom. The molecule has 14 heavy (non-hydrogen) atoms. The predicted molar refractivity (Wildman–Crippen MR) is 65.9 cm³/mol. The molecule has 1 aromatic rings. The topological polar surface area (TPSA) is 0 Å². The molecule has 0 fully saturated rings. The number of thiophene rings is 1. The number of rotatable bonds is 7. The molecular formula is C13H22S. The van der Waals surface area contributed by atoms with Gasteiger partial charge >= 0.3 is 0 Å². The molecule has 1 rings (SSSR count). The maximum Gasteiger partial charge on any atom is 0.00479 e. The maximum atomic E-state index is 2.32. The van der Waals surface area contributed by atoms with Gasteiger partial charge in [-0.1, -0.05) is 52.0 Å². The molecule has 0 bridgehead atoms. The molecule has 0 amide bonds. The Kier molecular flexibility index (Phi) is 5.93. The van der Waals surface area contributed by atoms with E-state index in [0.717, 1.165) is 5.92 Å². The molecule has 0 aliphatic carbocycles. The van der Waals surface area contributed by atoms with Crippen molar-refractivity contribution in [2.75, 3.05) is 0 Å². The minimum atomic E-state index is 0.917. The van der Waals surface area contributed by atoms with Crippen LogP contribution in [0.25, 0.3) is 0 Å². The van der Waals surface area contributed by atoms with Crippen molar-refractivity contribution < 1.29 is 0 Å². The lowest BCUT2D eigenvalue weighted by atomic mass is 9.95. The standard InChI is InChI=1S/C13H22S/c1-3-5-6-8-12(4-2)11-13-9-7-10-14-13/h7,9-10,12H,3-6,8,11H2,1-2H3. The minimum Gasteiger partial charge on any atom is -0.149 e. The average Bonchev–Trinajstić information content (AvgIpc) is 2.69. The van der Waals surface area contributed by atoms with Gasteiger partial charge in [0, 0.05) is 4.88 Å². The van der Waals surface area contributed by atoms with E-state index in [1.807, 2.05) is 11.3 Å². The van der Waals surface area contributed by atoms with Crippen molar-refractivity contribution in [3.63, 3.8) is 0 Å². The normalized spacial score (nSPS) is 13.0. The first-order chi connectivity index (χ1) is 6.86. The van der Waals surface area contributed by atoms with Gasteiger partial charge in [0.2, 0.25) is 0 Å². The molecule has 1 heterocycles. The molecule has 0 aliphatic heterocycles. The summed E-state index contributed by atoms with van der Waals surface area (Å²) in [6, 6.07) is 4.44. The summed E-state index contributed by atoms with van der Waals surface area (Å²) >= 11 is 1.91. The molecule has 0 saturated carbocycles. The molecule has 0 spiro atoms. The first kappa shape index (κ1) is 11.8. The third kappa shape index (κ3) is 4.28. The number of hydrogen-bond acceptors (Lipinski definition) is 1. The zero-order chi connectivity index (χ0) is 10.2. The van der Waals surface area contributed by atoms with Crippen LogP contribution in [-0.4, -0.2) is 0 Å². The van der Waals surface area contributed by atoms with Gasteiger partial charge in [0.15, 0.2) is 0 Å². The van der Waals surface area contributed by atoms with E-state index >= 15 is 0 Å². The van der Waals surface area contributed by atoms with Crippen LogP contribution in [0.2, 0.25) is 0 Å². The number of hydrogen-bond donors (Lipinski definition) is 0. The van der Waals surface area contributed by atoms with Gasteiger partial charge < -0.3 is 0 Å². The minimum absolute atomic E-state index is 0.917. The van der Waals surface area contributed by atoms with Crippen LogP contribution < -0.4 is 0 Å². The molecule has 1 unspecified atom stereocenters. The van der Waals surface area contributed by atoms with E-state index in [1.54, 1.807) is 4.88 Å². The Bertz CT molecular complexity index is 213. The van der Waals surface area contributed by atoms with Crippen molar-refractivity contribution in [3.05, 3.63) is 22.4 Å². The molecule has 1 atom stereocenters. The average molecular weight is 210 g/mol. The third-order valence-electron chi connectivity index (χ3n) is 2.86. The van der Waals surface area contributed by atoms with Gasteiger partial charge in [-0.05, 0) is 23.8 Å². The van der Waals surface area contributed by atoms with Gasteiger partial charge in [-0.25, -0.2) is 0 Å². The Hall–Kier alpha value is -0.300. The van der Waals surface area contributed by atoms with Crippen LogP contribution in [0.15, 0.2) is 17.5 Å². The lowest BCUT2D eigenvalue weighted by Gasteiger charge is -2.12. The second kappa shape index (κ2) is 7.05. The van der Waals surface area contributed by atoms with Gasteiger partial charge in [0.1, 0.15) is 0 Å². The zero-order valence-corrected chi connectivity index (χ0v) is 10.3. The Morgan fingerprint density at radius 2 is 2.14 bits per heavy atom. The van der Waals surface area contributed by atoms with Gasteiger partial charge in [-0.3, -0.25) is 0 Å². The van der Waals surface area contributed by atoms with Crippen molar-refractivity contribution in [2.45, 2.75) is 52.4 Å². The summed E-state index contributed by atoms with van der Waals surface area (Å²) in [6.07, 6.45) is 8.22. The van der Waals surface area contributed by atoms with Crippen LogP contribution >= 0.6 is 11.3 Å². The Balaban J connectivity index is 2.24. The molecule has 1 heteroatoms. The van der Waals surface area contributed by atoms with E-state index < -0.39 is 0 Å². The van der Waals surface area contributed by atoms with Crippen molar-refractivity contribution in [2.24, 2.45) is 5.92 Å². The second-order valence-electron chi connectivity index (χ2n) is 4.05. The van der Waals surface area contributed by atoms with Crippen LogP contribution in [0.4, 0.5) is 0 Å². The van der Waals surface area contributed by atoms with Crippen molar-refractivity contribution >= 4 is 11.3 Å². The first-order valence-electron chi connectivity index (χ1n) is 5.89. The lowest BCUT2D eigenvalue weighted by Crippen LogP contribution is -2.01. The predicted octanol–water partition coefficient (Wildman–Crippen LogP) is 4.90. The number of unbranched alkanes of at least 4 members (excludes halogenated alkanes) is 2. The summed E-state index contributed by atoms with van der Waals surface area (Å²) in [6.45, 7) is 4.60. The SMILES string of the molecule is CCCCCC(CC)Cc1cccs1. The largest absolute Gasteiger partial charge is 0.149 e. The lowest BCUT2D eigenvalue weighted by molar-refractivity contribution is 0.445. The van der Waals surface area contributed by atoms with E-state index in [-0.39, 0.29) is 0 Å². The van der Waals surface area contributed by atoms with E-state index in [1.165, 1.54) is 38.5 Å². The van der Waals surface area contributed by atoms with E-state index in [2.05, 4.69) is 31.4 Å². The van der Waals surface area contributed by atoms with E-state index in [0.29, 0.717) is 0 Å². The van der Waals surface area contributed by atoms with Gasteiger partial charge in [0.25, 0.3) is 0 Å². The highest BCUT2D eigenvalue weighted by Crippen LogP contribution is 2.21. The molecule has 0 radical (unpaired) electrons. The van der Waals surface area contributed by atoms with Gasteiger partial charge in [-0.2, -0.15) is 0 Å². The fourth-order valence-electron chi connectivity index (χ4n) is 1.85. The summed E-state index contributed by atoms with van der Waals surface area (Å²) < 4.78 is 0. The molecule has 80 valence electrons. The molecule has 0 saturated heterocycles. The third-order valence-corrected chi connectivity index (χ3v) is 3.76.